The molecule has 110 valence electrons. The number of aromatic carboxylic acids is 1. The van der Waals surface area contributed by atoms with E-state index in [0.29, 0.717) is 24.7 Å². The molecular weight excluding hydrogens is 447 g/mol. The molecule has 21 heavy (non-hydrogen) atoms. The second-order valence-electron chi connectivity index (χ2n) is 4.08. The van der Waals surface area contributed by atoms with Crippen molar-refractivity contribution in [1.82, 2.24) is 0 Å². The average Bonchev–Trinajstić information content (AvgIpc) is 2.42. The molecule has 2 aromatic rings. The van der Waals surface area contributed by atoms with E-state index in [2.05, 4.69) is 31.9 Å². The van der Waals surface area contributed by atoms with E-state index in [1.165, 1.54) is 12.1 Å². The Morgan fingerprint density at radius 3 is 2.38 bits per heavy atom. The smallest absolute Gasteiger partial charge is 0.335 e. The van der Waals surface area contributed by atoms with Gasteiger partial charge in [-0.15, -0.1) is 0 Å². The van der Waals surface area contributed by atoms with E-state index >= 15 is 0 Å². The number of carbonyl (C=O) groups is 1. The minimum Gasteiger partial charge on any atom is -0.486 e. The first-order valence-corrected chi connectivity index (χ1v) is 8.02. The Hall–Kier alpha value is -0.750. The van der Waals surface area contributed by atoms with Gasteiger partial charge in [-0.3, -0.25) is 0 Å². The fourth-order valence-electron chi connectivity index (χ4n) is 1.63. The third kappa shape index (κ3) is 3.92. The van der Waals surface area contributed by atoms with E-state index in [1.807, 2.05) is 6.07 Å². The molecule has 0 aliphatic heterocycles. The Morgan fingerprint density at radius 2 is 1.81 bits per heavy atom. The Balaban J connectivity index is 2.24. The van der Waals surface area contributed by atoms with Crippen molar-refractivity contribution >= 4 is 61.0 Å². The highest BCUT2D eigenvalue weighted by Crippen LogP contribution is 2.36. The van der Waals surface area contributed by atoms with E-state index in [4.69, 9.17) is 33.0 Å². The minimum atomic E-state index is -1.01. The molecule has 0 atom stereocenters. The maximum atomic E-state index is 11.0. The summed E-state index contributed by atoms with van der Waals surface area (Å²) in [5.41, 5.74) is 0.896. The van der Waals surface area contributed by atoms with Gasteiger partial charge in [0.05, 0.1) is 24.6 Å². The Morgan fingerprint density at radius 1 is 1.19 bits per heavy atom. The first-order chi connectivity index (χ1) is 9.90. The summed E-state index contributed by atoms with van der Waals surface area (Å²) in [6.07, 6.45) is 0. The lowest BCUT2D eigenvalue weighted by atomic mass is 10.2. The van der Waals surface area contributed by atoms with Gasteiger partial charge in [0, 0.05) is 5.56 Å². The molecule has 1 N–H and O–H groups in total. The molecule has 7 heteroatoms. The molecule has 2 aromatic carbocycles. The van der Waals surface area contributed by atoms with Crippen LogP contribution in [0.1, 0.15) is 15.9 Å². The van der Waals surface area contributed by atoms with E-state index in [-0.39, 0.29) is 12.2 Å². The van der Waals surface area contributed by atoms with Crippen molar-refractivity contribution in [3.05, 3.63) is 60.4 Å². The SMILES string of the molecule is O=C(O)c1cc(Br)c(OCc2cccc(Cl)c2Cl)c(Br)c1. The zero-order valence-electron chi connectivity index (χ0n) is 10.4. The first-order valence-electron chi connectivity index (χ1n) is 5.68. The molecule has 2 rings (SSSR count). The zero-order chi connectivity index (χ0) is 15.6. The normalized spacial score (nSPS) is 10.5. The molecule has 0 heterocycles. The van der Waals surface area contributed by atoms with Crippen molar-refractivity contribution in [3.63, 3.8) is 0 Å². The highest BCUT2D eigenvalue weighted by molar-refractivity contribution is 9.11. The van der Waals surface area contributed by atoms with Crippen molar-refractivity contribution in [2.45, 2.75) is 6.61 Å². The Bertz CT molecular complexity index is 682. The third-order valence-electron chi connectivity index (χ3n) is 2.65. The summed E-state index contributed by atoms with van der Waals surface area (Å²) in [6, 6.07) is 8.23. The van der Waals surface area contributed by atoms with Gasteiger partial charge in [0.2, 0.25) is 0 Å². The van der Waals surface area contributed by atoms with Crippen LogP contribution in [-0.2, 0) is 6.61 Å². The van der Waals surface area contributed by atoms with Crippen LogP contribution in [0.5, 0.6) is 5.75 Å². The number of halogens is 4. The summed E-state index contributed by atoms with van der Waals surface area (Å²) in [5.74, 6) is -0.517. The van der Waals surface area contributed by atoms with Gasteiger partial charge in [0.15, 0.2) is 0 Å². The van der Waals surface area contributed by atoms with E-state index in [0.717, 1.165) is 5.56 Å². The van der Waals surface area contributed by atoms with Crippen LogP contribution in [0.15, 0.2) is 39.3 Å². The summed E-state index contributed by atoms with van der Waals surface area (Å²) in [5, 5.41) is 9.88. The molecule has 0 amide bonds. The monoisotopic (exact) mass is 452 g/mol. The number of hydrogen-bond acceptors (Lipinski definition) is 2. The van der Waals surface area contributed by atoms with Crippen molar-refractivity contribution in [2.24, 2.45) is 0 Å². The number of ether oxygens (including phenoxy) is 1. The van der Waals surface area contributed by atoms with Crippen LogP contribution >= 0.6 is 55.1 Å². The van der Waals surface area contributed by atoms with Crippen molar-refractivity contribution in [2.75, 3.05) is 0 Å². The standard InChI is InChI=1S/C14H8Br2Cl2O3/c15-9-4-8(14(19)20)5-10(16)13(9)21-6-7-2-1-3-11(17)12(7)18/h1-5H,6H2,(H,19,20). The second-order valence-corrected chi connectivity index (χ2v) is 6.57. The predicted octanol–water partition coefficient (Wildman–Crippen LogP) is 5.80. The van der Waals surface area contributed by atoms with Crippen LogP contribution in [0.3, 0.4) is 0 Å². The molecule has 0 fully saturated rings. The predicted molar refractivity (Wildman–Crippen MR) is 89.6 cm³/mol. The number of carboxylic acids is 1. The third-order valence-corrected chi connectivity index (χ3v) is 4.68. The first kappa shape index (κ1) is 16.6. The molecule has 0 aliphatic carbocycles. The van der Waals surface area contributed by atoms with Gasteiger partial charge in [-0.25, -0.2) is 4.79 Å². The van der Waals surface area contributed by atoms with Crippen LogP contribution in [0, 0.1) is 0 Å². The van der Waals surface area contributed by atoms with Gasteiger partial charge in [-0.1, -0.05) is 35.3 Å². The molecule has 0 bridgehead atoms. The zero-order valence-corrected chi connectivity index (χ0v) is 15.1. The fraction of sp³-hybridized carbons (Fsp3) is 0.0714. The summed E-state index contributed by atoms with van der Waals surface area (Å²) < 4.78 is 6.76. The largest absolute Gasteiger partial charge is 0.486 e. The van der Waals surface area contributed by atoms with Gasteiger partial charge >= 0.3 is 5.97 Å². The van der Waals surface area contributed by atoms with Gasteiger partial charge in [-0.05, 0) is 50.1 Å². The quantitative estimate of drug-likeness (QED) is 0.635. The van der Waals surface area contributed by atoms with Gasteiger partial charge in [-0.2, -0.15) is 0 Å². The van der Waals surface area contributed by atoms with Crippen LogP contribution in [0.25, 0.3) is 0 Å². The topological polar surface area (TPSA) is 46.5 Å². The van der Waals surface area contributed by atoms with Gasteiger partial charge in [0.1, 0.15) is 12.4 Å². The van der Waals surface area contributed by atoms with Crippen LogP contribution in [0.4, 0.5) is 0 Å². The second kappa shape index (κ2) is 7.01. The molecule has 0 spiro atoms. The molecule has 0 saturated heterocycles. The number of carboxylic acid groups (broad SMARTS) is 1. The summed E-state index contributed by atoms with van der Waals surface area (Å²) >= 11 is 18.6. The lowest BCUT2D eigenvalue weighted by Crippen LogP contribution is -2.01. The van der Waals surface area contributed by atoms with Crippen molar-refractivity contribution in [3.8, 4) is 5.75 Å². The molecule has 3 nitrogen and oxygen atoms in total. The van der Waals surface area contributed by atoms with Crippen LogP contribution in [-0.4, -0.2) is 11.1 Å². The van der Waals surface area contributed by atoms with Gasteiger partial charge < -0.3 is 9.84 Å². The summed E-state index contributed by atoms with van der Waals surface area (Å²) in [4.78, 5) is 11.0. The summed E-state index contributed by atoms with van der Waals surface area (Å²) in [6.45, 7) is 0.211. The molecule has 0 aliphatic rings. The lowest BCUT2D eigenvalue weighted by Gasteiger charge is -2.12. The maximum absolute atomic E-state index is 11.0. The number of hydrogen-bond donors (Lipinski definition) is 1. The molecule has 0 aromatic heterocycles. The van der Waals surface area contributed by atoms with Crippen molar-refractivity contribution in [1.29, 1.82) is 0 Å². The fourth-order valence-corrected chi connectivity index (χ4v) is 3.42. The molecule has 0 unspecified atom stereocenters. The average molecular weight is 455 g/mol. The molecule has 0 saturated carbocycles. The Kier molecular flexibility index (Phi) is 5.54. The summed E-state index contributed by atoms with van der Waals surface area (Å²) in [7, 11) is 0. The Labute approximate surface area is 148 Å². The molecule has 0 radical (unpaired) electrons. The lowest BCUT2D eigenvalue weighted by molar-refractivity contribution is 0.0696. The van der Waals surface area contributed by atoms with E-state index in [9.17, 15) is 4.79 Å². The van der Waals surface area contributed by atoms with E-state index < -0.39 is 5.97 Å². The van der Waals surface area contributed by atoms with Crippen molar-refractivity contribution < 1.29 is 14.6 Å². The van der Waals surface area contributed by atoms with Crippen LogP contribution in [0.2, 0.25) is 10.0 Å². The molecular formula is C14H8Br2Cl2O3. The highest BCUT2D eigenvalue weighted by Gasteiger charge is 2.14. The van der Waals surface area contributed by atoms with Gasteiger partial charge in [0.25, 0.3) is 0 Å². The minimum absolute atomic E-state index is 0.155. The maximum Gasteiger partial charge on any atom is 0.335 e. The van der Waals surface area contributed by atoms with E-state index in [1.54, 1.807) is 12.1 Å². The number of benzene rings is 2. The van der Waals surface area contributed by atoms with Crippen LogP contribution < -0.4 is 4.74 Å². The number of rotatable bonds is 4. The highest BCUT2D eigenvalue weighted by atomic mass is 79.9.